The highest BCUT2D eigenvalue weighted by atomic mass is 79.9. The minimum absolute atomic E-state index is 0.128. The van der Waals surface area contributed by atoms with Crippen molar-refractivity contribution < 1.29 is 8.78 Å². The fraction of sp³-hybridized carbons (Fsp3) is 0.0833. The Morgan fingerprint density at radius 2 is 1.94 bits per heavy atom. The molecule has 88 valence electrons. The van der Waals surface area contributed by atoms with E-state index < -0.39 is 11.6 Å². The van der Waals surface area contributed by atoms with E-state index in [4.69, 9.17) is 0 Å². The number of pyridine rings is 1. The first-order valence-electron chi connectivity index (χ1n) is 4.94. The molecule has 0 aliphatic carbocycles. The van der Waals surface area contributed by atoms with Crippen molar-refractivity contribution in [2.45, 2.75) is 6.54 Å². The maximum atomic E-state index is 13.5. The molecule has 0 radical (unpaired) electrons. The summed E-state index contributed by atoms with van der Waals surface area (Å²) < 4.78 is 27.3. The van der Waals surface area contributed by atoms with Crippen LogP contribution in [0.5, 0.6) is 0 Å². The van der Waals surface area contributed by atoms with Gasteiger partial charge in [-0.25, -0.2) is 8.78 Å². The Hall–Kier alpha value is -1.49. The number of nitrogens with one attached hydrogen (secondary N) is 1. The molecule has 1 aromatic heterocycles. The lowest BCUT2D eigenvalue weighted by molar-refractivity contribution is 0.586. The van der Waals surface area contributed by atoms with Crippen LogP contribution < -0.4 is 5.32 Å². The first-order valence-corrected chi connectivity index (χ1v) is 5.73. The fourth-order valence-corrected chi connectivity index (χ4v) is 1.81. The molecule has 0 unspecified atom stereocenters. The van der Waals surface area contributed by atoms with Gasteiger partial charge in [0.1, 0.15) is 17.3 Å². The first-order chi connectivity index (χ1) is 8.16. The molecule has 2 rings (SSSR count). The van der Waals surface area contributed by atoms with Crippen LogP contribution in [-0.4, -0.2) is 4.98 Å². The summed E-state index contributed by atoms with van der Waals surface area (Å²) >= 11 is 3.03. The van der Waals surface area contributed by atoms with Crippen molar-refractivity contribution in [3.05, 3.63) is 58.3 Å². The molecular formula is C12H9BrF2N2. The fourth-order valence-electron chi connectivity index (χ4n) is 1.40. The number of anilines is 1. The molecule has 5 heteroatoms. The summed E-state index contributed by atoms with van der Waals surface area (Å²) in [5, 5.41) is 2.71. The average Bonchev–Trinajstić information content (AvgIpc) is 2.29. The summed E-state index contributed by atoms with van der Waals surface area (Å²) in [6.45, 7) is 0.323. The Kier molecular flexibility index (Phi) is 3.68. The molecule has 0 amide bonds. The molecule has 17 heavy (non-hydrogen) atoms. The molecule has 0 aliphatic heterocycles. The van der Waals surface area contributed by atoms with Crippen LogP contribution in [0.15, 0.2) is 41.1 Å². The van der Waals surface area contributed by atoms with Crippen molar-refractivity contribution >= 4 is 21.6 Å². The maximum Gasteiger partial charge on any atom is 0.150 e. The maximum absolute atomic E-state index is 13.5. The quantitative estimate of drug-likeness (QED) is 0.934. The lowest BCUT2D eigenvalue weighted by atomic mass is 10.2. The Labute approximate surface area is 106 Å². The van der Waals surface area contributed by atoms with Crippen molar-refractivity contribution in [3.8, 4) is 0 Å². The number of hydrogen-bond acceptors (Lipinski definition) is 2. The number of halogens is 3. The van der Waals surface area contributed by atoms with Crippen LogP contribution in [0.1, 0.15) is 5.56 Å². The minimum atomic E-state index is -0.624. The zero-order valence-corrected chi connectivity index (χ0v) is 10.3. The van der Waals surface area contributed by atoms with E-state index >= 15 is 0 Å². The van der Waals surface area contributed by atoms with Gasteiger partial charge in [0.2, 0.25) is 0 Å². The van der Waals surface area contributed by atoms with Crippen LogP contribution in [0.4, 0.5) is 14.5 Å². The van der Waals surface area contributed by atoms with E-state index in [0.717, 1.165) is 5.56 Å². The molecular weight excluding hydrogens is 290 g/mol. The molecule has 0 saturated carbocycles. The Balaban J connectivity index is 2.15. The number of aromatic nitrogens is 1. The standard InChI is InChI=1S/C12H9BrF2N2/c13-9-4-10(14)12(11(15)5-9)17-7-8-2-1-3-16-6-8/h1-6,17H,7H2. The van der Waals surface area contributed by atoms with Crippen LogP contribution in [0.3, 0.4) is 0 Å². The van der Waals surface area contributed by atoms with Gasteiger partial charge in [0, 0.05) is 23.4 Å². The molecule has 0 fully saturated rings. The van der Waals surface area contributed by atoms with Gasteiger partial charge in [-0.1, -0.05) is 22.0 Å². The van der Waals surface area contributed by atoms with Gasteiger partial charge in [-0.2, -0.15) is 0 Å². The van der Waals surface area contributed by atoms with Gasteiger partial charge in [0.25, 0.3) is 0 Å². The van der Waals surface area contributed by atoms with Crippen LogP contribution in [0.2, 0.25) is 0 Å². The SMILES string of the molecule is Fc1cc(Br)cc(F)c1NCc1cccnc1. The van der Waals surface area contributed by atoms with Crippen LogP contribution in [-0.2, 0) is 6.54 Å². The van der Waals surface area contributed by atoms with Crippen molar-refractivity contribution in [2.24, 2.45) is 0 Å². The predicted octanol–water partition coefficient (Wildman–Crippen LogP) is 3.73. The number of hydrogen-bond donors (Lipinski definition) is 1. The largest absolute Gasteiger partial charge is 0.376 e. The first kappa shape index (κ1) is 12.0. The lowest BCUT2D eigenvalue weighted by Crippen LogP contribution is -2.04. The van der Waals surface area contributed by atoms with Gasteiger partial charge >= 0.3 is 0 Å². The van der Waals surface area contributed by atoms with E-state index in [1.54, 1.807) is 18.5 Å². The zero-order chi connectivity index (χ0) is 12.3. The van der Waals surface area contributed by atoms with E-state index in [1.807, 2.05) is 6.07 Å². The second-order valence-corrected chi connectivity index (χ2v) is 4.37. The van der Waals surface area contributed by atoms with Gasteiger partial charge in [0.05, 0.1) is 0 Å². The van der Waals surface area contributed by atoms with Gasteiger partial charge in [-0.05, 0) is 23.8 Å². The summed E-state index contributed by atoms with van der Waals surface area (Å²) in [6, 6.07) is 6.03. The lowest BCUT2D eigenvalue weighted by Gasteiger charge is -2.09. The van der Waals surface area contributed by atoms with Crippen LogP contribution in [0, 0.1) is 11.6 Å². The second-order valence-electron chi connectivity index (χ2n) is 3.46. The highest BCUT2D eigenvalue weighted by Crippen LogP contribution is 2.24. The second kappa shape index (κ2) is 5.23. The van der Waals surface area contributed by atoms with Crippen molar-refractivity contribution in [3.63, 3.8) is 0 Å². The van der Waals surface area contributed by atoms with Gasteiger partial charge in [-0.15, -0.1) is 0 Å². The van der Waals surface area contributed by atoms with Gasteiger partial charge in [-0.3, -0.25) is 4.98 Å². The molecule has 0 saturated heterocycles. The third-order valence-electron chi connectivity index (χ3n) is 2.20. The molecule has 1 heterocycles. The summed E-state index contributed by atoms with van der Waals surface area (Å²) in [5.74, 6) is -1.25. The minimum Gasteiger partial charge on any atom is -0.376 e. The molecule has 2 nitrogen and oxygen atoms in total. The molecule has 1 N–H and O–H groups in total. The average molecular weight is 299 g/mol. The summed E-state index contributed by atoms with van der Waals surface area (Å²) in [7, 11) is 0. The number of benzene rings is 1. The molecule has 0 aliphatic rings. The van der Waals surface area contributed by atoms with E-state index in [0.29, 0.717) is 11.0 Å². The van der Waals surface area contributed by atoms with E-state index in [-0.39, 0.29) is 5.69 Å². The summed E-state index contributed by atoms with van der Waals surface area (Å²) in [5.41, 5.74) is 0.728. The highest BCUT2D eigenvalue weighted by molar-refractivity contribution is 9.10. The van der Waals surface area contributed by atoms with Crippen molar-refractivity contribution in [1.82, 2.24) is 4.98 Å². The van der Waals surface area contributed by atoms with Crippen LogP contribution >= 0.6 is 15.9 Å². The summed E-state index contributed by atoms with van der Waals surface area (Å²) in [4.78, 5) is 3.92. The third kappa shape index (κ3) is 3.00. The van der Waals surface area contributed by atoms with E-state index in [2.05, 4.69) is 26.2 Å². The smallest absolute Gasteiger partial charge is 0.150 e. The number of nitrogens with zero attached hydrogens (tertiary/aromatic N) is 1. The van der Waals surface area contributed by atoms with E-state index in [1.165, 1.54) is 12.1 Å². The van der Waals surface area contributed by atoms with Crippen molar-refractivity contribution in [2.75, 3.05) is 5.32 Å². The monoisotopic (exact) mass is 298 g/mol. The Bertz CT molecular complexity index is 494. The molecule has 0 atom stereocenters. The van der Waals surface area contributed by atoms with Crippen LogP contribution in [0.25, 0.3) is 0 Å². The van der Waals surface area contributed by atoms with Gasteiger partial charge in [0.15, 0.2) is 0 Å². The Morgan fingerprint density at radius 1 is 1.24 bits per heavy atom. The topological polar surface area (TPSA) is 24.9 Å². The normalized spacial score (nSPS) is 10.3. The van der Waals surface area contributed by atoms with E-state index in [9.17, 15) is 8.78 Å². The van der Waals surface area contributed by atoms with Gasteiger partial charge < -0.3 is 5.32 Å². The third-order valence-corrected chi connectivity index (χ3v) is 2.66. The Morgan fingerprint density at radius 3 is 2.53 bits per heavy atom. The molecule has 0 bridgehead atoms. The predicted molar refractivity (Wildman–Crippen MR) is 65.6 cm³/mol. The molecule has 1 aromatic carbocycles. The zero-order valence-electron chi connectivity index (χ0n) is 8.75. The molecule has 0 spiro atoms. The number of rotatable bonds is 3. The highest BCUT2D eigenvalue weighted by Gasteiger charge is 2.09. The van der Waals surface area contributed by atoms with Crippen molar-refractivity contribution in [1.29, 1.82) is 0 Å². The summed E-state index contributed by atoms with van der Waals surface area (Å²) in [6.07, 6.45) is 3.28. The molecule has 2 aromatic rings.